The summed E-state index contributed by atoms with van der Waals surface area (Å²) in [6, 6.07) is 14.1. The minimum atomic E-state index is -0.689. The van der Waals surface area contributed by atoms with Crippen LogP contribution in [0.15, 0.2) is 42.5 Å². The van der Waals surface area contributed by atoms with Gasteiger partial charge in [0.05, 0.1) is 6.04 Å². The van der Waals surface area contributed by atoms with Gasteiger partial charge in [-0.25, -0.2) is 0 Å². The van der Waals surface area contributed by atoms with Crippen LogP contribution in [-0.4, -0.2) is 29.7 Å². The van der Waals surface area contributed by atoms with E-state index >= 15 is 0 Å². The van der Waals surface area contributed by atoms with Crippen molar-refractivity contribution >= 4 is 11.9 Å². The lowest BCUT2D eigenvalue weighted by Crippen LogP contribution is -2.42. The monoisotopic (exact) mass is 393 g/mol. The van der Waals surface area contributed by atoms with Gasteiger partial charge in [-0.15, -0.1) is 0 Å². The van der Waals surface area contributed by atoms with Crippen LogP contribution >= 0.6 is 0 Å². The van der Waals surface area contributed by atoms with Gasteiger partial charge in [-0.2, -0.15) is 0 Å². The quantitative estimate of drug-likeness (QED) is 0.744. The van der Waals surface area contributed by atoms with E-state index in [0.717, 1.165) is 30.6 Å². The Bertz CT molecular complexity index is 956. The summed E-state index contributed by atoms with van der Waals surface area (Å²) in [4.78, 5) is 26.9. The standard InChI is InChI=1S/C23H23NO5/c25-22-11-10-20(29-22)23(26)24(13-15-8-9-19-21(12-15)28-14-27-19)18-7-3-5-16-4-1-2-6-17(16)18/h1-2,4,6,8-9,12,18,20H,3,5,7,10-11,13-14H2/t18-,20+/m0/s1. The van der Waals surface area contributed by atoms with E-state index in [9.17, 15) is 9.59 Å². The van der Waals surface area contributed by atoms with Crippen LogP contribution in [-0.2, 0) is 27.3 Å². The molecule has 1 fully saturated rings. The SMILES string of the molecule is O=C1CC[C@H](C(=O)N(Cc2ccc3c(c2)OCO3)[C@H]2CCCc3ccccc32)O1. The Morgan fingerprint density at radius 3 is 2.76 bits per heavy atom. The second kappa shape index (κ2) is 7.43. The van der Waals surface area contributed by atoms with E-state index in [2.05, 4.69) is 12.1 Å². The van der Waals surface area contributed by atoms with E-state index in [4.69, 9.17) is 14.2 Å². The molecule has 6 heteroatoms. The molecule has 1 aliphatic carbocycles. The Labute approximate surface area is 169 Å². The van der Waals surface area contributed by atoms with Crippen LogP contribution in [0.3, 0.4) is 0 Å². The zero-order valence-corrected chi connectivity index (χ0v) is 16.1. The molecule has 1 amide bonds. The van der Waals surface area contributed by atoms with Crippen molar-refractivity contribution in [3.63, 3.8) is 0 Å². The highest BCUT2D eigenvalue weighted by molar-refractivity contribution is 5.87. The average molecular weight is 393 g/mol. The van der Waals surface area contributed by atoms with E-state index in [1.165, 1.54) is 11.1 Å². The van der Waals surface area contributed by atoms with Gasteiger partial charge < -0.3 is 19.1 Å². The highest BCUT2D eigenvalue weighted by atomic mass is 16.7. The lowest BCUT2D eigenvalue weighted by Gasteiger charge is -2.37. The van der Waals surface area contributed by atoms with Crippen LogP contribution in [0.1, 0.15) is 48.4 Å². The topological polar surface area (TPSA) is 65.1 Å². The number of carbonyl (C=O) groups excluding carboxylic acids is 2. The molecule has 3 aliphatic rings. The molecule has 2 aromatic carbocycles. The lowest BCUT2D eigenvalue weighted by atomic mass is 9.86. The number of benzene rings is 2. The molecule has 2 heterocycles. The lowest BCUT2D eigenvalue weighted by molar-refractivity contribution is -0.155. The molecular weight excluding hydrogens is 370 g/mol. The summed E-state index contributed by atoms with van der Waals surface area (Å²) in [6.45, 7) is 0.651. The molecular formula is C23H23NO5. The molecule has 0 N–H and O–H groups in total. The molecule has 2 aromatic rings. The van der Waals surface area contributed by atoms with Crippen molar-refractivity contribution in [1.82, 2.24) is 4.90 Å². The van der Waals surface area contributed by atoms with Crippen LogP contribution in [0.25, 0.3) is 0 Å². The van der Waals surface area contributed by atoms with Gasteiger partial charge in [-0.3, -0.25) is 9.59 Å². The van der Waals surface area contributed by atoms with E-state index in [0.29, 0.717) is 25.1 Å². The maximum Gasteiger partial charge on any atom is 0.306 e. The summed E-state index contributed by atoms with van der Waals surface area (Å²) in [6.07, 6.45) is 3.01. The summed E-state index contributed by atoms with van der Waals surface area (Å²) in [5.41, 5.74) is 3.45. The van der Waals surface area contributed by atoms with Crippen molar-refractivity contribution in [2.24, 2.45) is 0 Å². The number of esters is 1. The van der Waals surface area contributed by atoms with E-state index < -0.39 is 6.10 Å². The third-order valence-electron chi connectivity index (χ3n) is 5.95. The third kappa shape index (κ3) is 3.43. The first-order valence-electron chi connectivity index (χ1n) is 10.2. The van der Waals surface area contributed by atoms with Crippen LogP contribution in [0, 0.1) is 0 Å². The first-order chi connectivity index (χ1) is 14.2. The number of hydrogen-bond donors (Lipinski definition) is 0. The van der Waals surface area contributed by atoms with Crippen molar-refractivity contribution in [2.45, 2.75) is 50.8 Å². The summed E-state index contributed by atoms with van der Waals surface area (Å²) in [5, 5.41) is 0. The molecule has 5 rings (SSSR count). The second-order valence-corrected chi connectivity index (χ2v) is 7.78. The van der Waals surface area contributed by atoms with Gasteiger partial charge in [-0.05, 0) is 48.1 Å². The summed E-state index contributed by atoms with van der Waals surface area (Å²) < 4.78 is 16.2. The van der Waals surface area contributed by atoms with Crippen LogP contribution in [0.2, 0.25) is 0 Å². The number of aryl methyl sites for hydroxylation is 1. The minimum absolute atomic E-state index is 0.0304. The number of ether oxygens (including phenoxy) is 3. The molecule has 29 heavy (non-hydrogen) atoms. The molecule has 0 aromatic heterocycles. The predicted octanol–water partition coefficient (Wildman–Crippen LogP) is 3.53. The highest BCUT2D eigenvalue weighted by Gasteiger charge is 2.37. The Hall–Kier alpha value is -3.02. The van der Waals surface area contributed by atoms with Crippen LogP contribution < -0.4 is 9.47 Å². The smallest absolute Gasteiger partial charge is 0.306 e. The minimum Gasteiger partial charge on any atom is -0.454 e. The number of rotatable bonds is 4. The first-order valence-corrected chi connectivity index (χ1v) is 10.2. The maximum absolute atomic E-state index is 13.4. The maximum atomic E-state index is 13.4. The molecule has 0 spiro atoms. The fourth-order valence-corrected chi connectivity index (χ4v) is 4.51. The van der Waals surface area contributed by atoms with Gasteiger partial charge in [0.15, 0.2) is 17.6 Å². The first kappa shape index (κ1) is 18.0. The third-order valence-corrected chi connectivity index (χ3v) is 5.95. The van der Waals surface area contributed by atoms with Gasteiger partial charge in [0.2, 0.25) is 6.79 Å². The van der Waals surface area contributed by atoms with Crippen molar-refractivity contribution in [1.29, 1.82) is 0 Å². The predicted molar refractivity (Wildman–Crippen MR) is 104 cm³/mol. The molecule has 2 atom stereocenters. The number of amides is 1. The second-order valence-electron chi connectivity index (χ2n) is 7.78. The number of cyclic esters (lactones) is 1. The van der Waals surface area contributed by atoms with E-state index in [1.54, 1.807) is 0 Å². The van der Waals surface area contributed by atoms with Crippen molar-refractivity contribution in [3.05, 3.63) is 59.2 Å². The Morgan fingerprint density at radius 1 is 1.03 bits per heavy atom. The van der Waals surface area contributed by atoms with Gasteiger partial charge in [0.1, 0.15) is 0 Å². The largest absolute Gasteiger partial charge is 0.454 e. The summed E-state index contributed by atoms with van der Waals surface area (Å²) in [5.74, 6) is 1.01. The van der Waals surface area contributed by atoms with Crippen molar-refractivity contribution < 1.29 is 23.8 Å². The Balaban J connectivity index is 1.48. The Morgan fingerprint density at radius 2 is 1.90 bits per heavy atom. The average Bonchev–Trinajstić information content (AvgIpc) is 3.39. The van der Waals surface area contributed by atoms with Crippen LogP contribution in [0.4, 0.5) is 0 Å². The molecule has 2 aliphatic heterocycles. The fourth-order valence-electron chi connectivity index (χ4n) is 4.51. The number of nitrogens with zero attached hydrogens (tertiary/aromatic N) is 1. The molecule has 0 bridgehead atoms. The fraction of sp³-hybridized carbons (Fsp3) is 0.391. The molecule has 0 radical (unpaired) electrons. The number of hydrogen-bond acceptors (Lipinski definition) is 5. The normalized spacial score (nSPS) is 22.1. The molecule has 0 unspecified atom stereocenters. The molecule has 150 valence electrons. The summed E-state index contributed by atoms with van der Waals surface area (Å²) in [7, 11) is 0. The van der Waals surface area contributed by atoms with Gasteiger partial charge in [0.25, 0.3) is 5.91 Å². The zero-order valence-electron chi connectivity index (χ0n) is 16.1. The van der Waals surface area contributed by atoms with Gasteiger partial charge in [0, 0.05) is 19.4 Å². The summed E-state index contributed by atoms with van der Waals surface area (Å²) >= 11 is 0. The van der Waals surface area contributed by atoms with E-state index in [-0.39, 0.29) is 24.7 Å². The zero-order chi connectivity index (χ0) is 19.8. The highest BCUT2D eigenvalue weighted by Crippen LogP contribution is 2.38. The molecule has 0 saturated carbocycles. The number of carbonyl (C=O) groups is 2. The van der Waals surface area contributed by atoms with Gasteiger partial charge in [-0.1, -0.05) is 30.3 Å². The Kier molecular flexibility index (Phi) is 4.62. The van der Waals surface area contributed by atoms with Gasteiger partial charge >= 0.3 is 5.97 Å². The van der Waals surface area contributed by atoms with Crippen LogP contribution in [0.5, 0.6) is 11.5 Å². The molecule has 6 nitrogen and oxygen atoms in total. The van der Waals surface area contributed by atoms with E-state index in [1.807, 2.05) is 35.2 Å². The van der Waals surface area contributed by atoms with Crippen molar-refractivity contribution in [3.8, 4) is 11.5 Å². The molecule has 1 saturated heterocycles. The van der Waals surface area contributed by atoms with Crippen molar-refractivity contribution in [2.75, 3.05) is 6.79 Å². The number of fused-ring (bicyclic) bond motifs is 2.